The maximum Gasteiger partial charge on any atom is 0.0584 e. The molecule has 0 spiro atoms. The van der Waals surface area contributed by atoms with Crippen LogP contribution in [0, 0.1) is 11.8 Å². The molecule has 76 valence electrons. The van der Waals surface area contributed by atoms with Crippen molar-refractivity contribution in [2.24, 2.45) is 11.8 Å². The van der Waals surface area contributed by atoms with Gasteiger partial charge in [0, 0.05) is 6.04 Å². The predicted octanol–water partition coefficient (Wildman–Crippen LogP) is 1.54. The van der Waals surface area contributed by atoms with Crippen LogP contribution in [0.5, 0.6) is 0 Å². The number of aliphatic hydroxyl groups is 1. The highest BCUT2D eigenvalue weighted by atomic mass is 16.3. The summed E-state index contributed by atoms with van der Waals surface area (Å²) in [6.45, 7) is 1.44. The molecule has 1 aliphatic heterocycles. The summed E-state index contributed by atoms with van der Waals surface area (Å²) in [5, 5.41) is 12.5. The zero-order valence-corrected chi connectivity index (χ0v) is 8.34. The molecule has 0 aromatic rings. The summed E-state index contributed by atoms with van der Waals surface area (Å²) in [5.74, 6) is 1.89. The van der Waals surface area contributed by atoms with Crippen molar-refractivity contribution in [1.29, 1.82) is 0 Å². The van der Waals surface area contributed by atoms with Crippen molar-refractivity contribution < 1.29 is 5.11 Å². The largest absolute Gasteiger partial charge is 0.395 e. The average molecular weight is 183 g/mol. The second-order valence-electron chi connectivity index (χ2n) is 4.66. The Bertz CT molecular complexity index is 154. The van der Waals surface area contributed by atoms with Crippen molar-refractivity contribution >= 4 is 0 Å². The van der Waals surface area contributed by atoms with Crippen LogP contribution >= 0.6 is 0 Å². The van der Waals surface area contributed by atoms with E-state index in [0.717, 1.165) is 18.4 Å². The number of hydrogen-bond acceptors (Lipinski definition) is 2. The monoisotopic (exact) mass is 183 g/mol. The molecule has 1 heterocycles. The molecular formula is C11H21NO. The smallest absolute Gasteiger partial charge is 0.0584 e. The Labute approximate surface area is 80.7 Å². The summed E-state index contributed by atoms with van der Waals surface area (Å²) in [6, 6.07) is 0.388. The highest BCUT2D eigenvalue weighted by Crippen LogP contribution is 2.36. The molecule has 0 bridgehead atoms. The topological polar surface area (TPSA) is 32.3 Å². The van der Waals surface area contributed by atoms with Gasteiger partial charge in [0.1, 0.15) is 0 Å². The Hall–Kier alpha value is -0.0800. The third kappa shape index (κ3) is 2.23. The highest BCUT2D eigenvalue weighted by molar-refractivity contribution is 4.84. The Morgan fingerprint density at radius 3 is 2.54 bits per heavy atom. The molecule has 0 radical (unpaired) electrons. The summed E-state index contributed by atoms with van der Waals surface area (Å²) >= 11 is 0. The maximum atomic E-state index is 9.09. The minimum atomic E-state index is 0.323. The van der Waals surface area contributed by atoms with E-state index in [2.05, 4.69) is 5.32 Å². The third-order valence-electron chi connectivity index (χ3n) is 3.82. The van der Waals surface area contributed by atoms with E-state index in [1.807, 2.05) is 0 Å². The molecule has 1 saturated carbocycles. The van der Waals surface area contributed by atoms with Gasteiger partial charge in [0.15, 0.2) is 0 Å². The molecule has 2 aliphatic rings. The van der Waals surface area contributed by atoms with E-state index < -0.39 is 0 Å². The number of rotatable bonds is 2. The first-order valence-electron chi connectivity index (χ1n) is 5.74. The quantitative estimate of drug-likeness (QED) is 0.680. The standard InChI is InChI=1S/C11H21NO/c13-8-11-7-10(5-6-12-11)9-3-1-2-4-9/h9-13H,1-8H2. The van der Waals surface area contributed by atoms with E-state index in [0.29, 0.717) is 12.6 Å². The predicted molar refractivity (Wildman–Crippen MR) is 53.6 cm³/mol. The first kappa shape index (κ1) is 9.47. The Balaban J connectivity index is 1.84. The molecule has 0 aromatic heterocycles. The van der Waals surface area contributed by atoms with Gasteiger partial charge in [-0.1, -0.05) is 25.7 Å². The Morgan fingerprint density at radius 1 is 1.08 bits per heavy atom. The minimum Gasteiger partial charge on any atom is -0.395 e. The van der Waals surface area contributed by atoms with Gasteiger partial charge < -0.3 is 10.4 Å². The lowest BCUT2D eigenvalue weighted by molar-refractivity contribution is 0.162. The Kier molecular flexibility index (Phi) is 3.23. The molecule has 2 heteroatoms. The summed E-state index contributed by atoms with van der Waals surface area (Å²) in [6.07, 6.45) is 8.32. The SMILES string of the molecule is OCC1CC(C2CCCC2)CCN1. The van der Waals surface area contributed by atoms with E-state index in [4.69, 9.17) is 5.11 Å². The van der Waals surface area contributed by atoms with Crippen LogP contribution in [0.3, 0.4) is 0 Å². The van der Waals surface area contributed by atoms with Gasteiger partial charge in [-0.05, 0) is 31.2 Å². The van der Waals surface area contributed by atoms with Crippen LogP contribution in [0.4, 0.5) is 0 Å². The van der Waals surface area contributed by atoms with Crippen molar-refractivity contribution in [3.05, 3.63) is 0 Å². The zero-order valence-electron chi connectivity index (χ0n) is 8.34. The van der Waals surface area contributed by atoms with Gasteiger partial charge in [-0.15, -0.1) is 0 Å². The van der Waals surface area contributed by atoms with Gasteiger partial charge in [-0.2, -0.15) is 0 Å². The van der Waals surface area contributed by atoms with Gasteiger partial charge in [0.25, 0.3) is 0 Å². The number of aliphatic hydroxyl groups excluding tert-OH is 1. The van der Waals surface area contributed by atoms with Crippen LogP contribution in [0.2, 0.25) is 0 Å². The fourth-order valence-corrected chi connectivity index (χ4v) is 3.04. The van der Waals surface area contributed by atoms with Crippen molar-refractivity contribution in [3.63, 3.8) is 0 Å². The van der Waals surface area contributed by atoms with E-state index in [1.54, 1.807) is 0 Å². The molecule has 13 heavy (non-hydrogen) atoms. The van der Waals surface area contributed by atoms with Crippen LogP contribution in [-0.2, 0) is 0 Å². The van der Waals surface area contributed by atoms with E-state index in [9.17, 15) is 0 Å². The summed E-state index contributed by atoms with van der Waals surface area (Å²) in [7, 11) is 0. The molecule has 2 N–H and O–H groups in total. The van der Waals surface area contributed by atoms with E-state index in [-0.39, 0.29) is 0 Å². The second-order valence-corrected chi connectivity index (χ2v) is 4.66. The lowest BCUT2D eigenvalue weighted by Gasteiger charge is -2.32. The molecule has 2 atom stereocenters. The van der Waals surface area contributed by atoms with Crippen LogP contribution in [0.1, 0.15) is 38.5 Å². The molecule has 0 aromatic carbocycles. The van der Waals surface area contributed by atoms with E-state index >= 15 is 0 Å². The van der Waals surface area contributed by atoms with Crippen molar-refractivity contribution in [3.8, 4) is 0 Å². The van der Waals surface area contributed by atoms with Gasteiger partial charge in [-0.25, -0.2) is 0 Å². The van der Waals surface area contributed by atoms with Gasteiger partial charge in [-0.3, -0.25) is 0 Å². The van der Waals surface area contributed by atoms with Crippen LogP contribution in [0.25, 0.3) is 0 Å². The molecule has 1 aliphatic carbocycles. The third-order valence-corrected chi connectivity index (χ3v) is 3.82. The molecule has 2 nitrogen and oxygen atoms in total. The molecule has 1 saturated heterocycles. The minimum absolute atomic E-state index is 0.323. The first-order chi connectivity index (χ1) is 6.40. The second kappa shape index (κ2) is 4.43. The van der Waals surface area contributed by atoms with Crippen molar-refractivity contribution in [2.75, 3.05) is 13.2 Å². The summed E-state index contributed by atoms with van der Waals surface area (Å²) in [4.78, 5) is 0. The lowest BCUT2D eigenvalue weighted by Crippen LogP contribution is -2.42. The van der Waals surface area contributed by atoms with Crippen LogP contribution in [-0.4, -0.2) is 24.3 Å². The zero-order chi connectivity index (χ0) is 9.10. The summed E-state index contributed by atoms with van der Waals surface area (Å²) < 4.78 is 0. The first-order valence-corrected chi connectivity index (χ1v) is 5.74. The molecule has 2 rings (SSSR count). The lowest BCUT2D eigenvalue weighted by atomic mass is 9.81. The molecule has 2 fully saturated rings. The van der Waals surface area contributed by atoms with Crippen molar-refractivity contribution in [2.45, 2.75) is 44.6 Å². The van der Waals surface area contributed by atoms with E-state index in [1.165, 1.54) is 38.5 Å². The fraction of sp³-hybridized carbons (Fsp3) is 1.00. The Morgan fingerprint density at radius 2 is 1.85 bits per heavy atom. The number of hydrogen-bond donors (Lipinski definition) is 2. The molecule has 2 unspecified atom stereocenters. The molecule has 0 amide bonds. The normalized spacial score (nSPS) is 36.7. The maximum absolute atomic E-state index is 9.09. The van der Waals surface area contributed by atoms with Crippen LogP contribution in [0.15, 0.2) is 0 Å². The highest BCUT2D eigenvalue weighted by Gasteiger charge is 2.29. The fourth-order valence-electron chi connectivity index (χ4n) is 3.04. The van der Waals surface area contributed by atoms with Gasteiger partial charge >= 0.3 is 0 Å². The number of nitrogens with one attached hydrogen (secondary N) is 1. The average Bonchev–Trinajstić information content (AvgIpc) is 2.71. The van der Waals surface area contributed by atoms with Crippen molar-refractivity contribution in [1.82, 2.24) is 5.32 Å². The summed E-state index contributed by atoms with van der Waals surface area (Å²) in [5.41, 5.74) is 0. The van der Waals surface area contributed by atoms with Gasteiger partial charge in [0.2, 0.25) is 0 Å². The number of piperidine rings is 1. The van der Waals surface area contributed by atoms with Gasteiger partial charge in [0.05, 0.1) is 6.61 Å². The molecular weight excluding hydrogens is 162 g/mol. The van der Waals surface area contributed by atoms with Crippen LogP contribution < -0.4 is 5.32 Å².